The van der Waals surface area contributed by atoms with Gasteiger partial charge in [-0.25, -0.2) is 8.78 Å². The van der Waals surface area contributed by atoms with Crippen LogP contribution in [0.1, 0.15) is 21.5 Å². The molecule has 2 heterocycles. The highest BCUT2D eigenvalue weighted by Crippen LogP contribution is 2.42. The second-order valence-electron chi connectivity index (χ2n) is 8.62. The number of aromatic nitrogens is 2. The molecule has 0 fully saturated rings. The van der Waals surface area contributed by atoms with E-state index >= 15 is 0 Å². The van der Waals surface area contributed by atoms with Gasteiger partial charge in [0.15, 0.2) is 5.82 Å². The van der Waals surface area contributed by atoms with Gasteiger partial charge in [0.05, 0.1) is 17.6 Å². The Kier molecular flexibility index (Phi) is 8.42. The van der Waals surface area contributed by atoms with E-state index in [1.807, 2.05) is 19.0 Å². The Morgan fingerprint density at radius 3 is 2.31 bits per heavy atom. The lowest BCUT2D eigenvalue weighted by Crippen LogP contribution is -2.19. The number of nitro benzene ring substituents is 1. The summed E-state index contributed by atoms with van der Waals surface area (Å²) < 4.78 is 33.7. The number of ether oxygens (including phenoxy) is 1. The molecule has 0 bridgehead atoms. The minimum absolute atomic E-state index is 0.0751. The van der Waals surface area contributed by atoms with Crippen LogP contribution in [0, 0.1) is 21.7 Å². The van der Waals surface area contributed by atoms with Crippen molar-refractivity contribution < 1.29 is 23.2 Å². The number of benzene rings is 2. The zero-order chi connectivity index (χ0) is 28.1. The normalized spacial score (nSPS) is 10.9. The molecule has 0 saturated carbocycles. The lowest BCUT2D eigenvalue weighted by Gasteiger charge is -2.14. The highest BCUT2D eigenvalue weighted by molar-refractivity contribution is 7.20. The van der Waals surface area contributed by atoms with E-state index < -0.39 is 22.5 Å². The molecule has 1 amide bonds. The first-order chi connectivity index (χ1) is 18.7. The molecule has 0 aliphatic carbocycles. The van der Waals surface area contributed by atoms with Crippen LogP contribution in [0.2, 0.25) is 0 Å². The molecule has 202 valence electrons. The van der Waals surface area contributed by atoms with Crippen molar-refractivity contribution in [2.75, 3.05) is 31.8 Å². The van der Waals surface area contributed by atoms with Gasteiger partial charge in [0.1, 0.15) is 16.6 Å². The molecule has 4 aromatic rings. The molecule has 2 aromatic carbocycles. The van der Waals surface area contributed by atoms with Crippen molar-refractivity contribution in [1.82, 2.24) is 15.1 Å². The van der Waals surface area contributed by atoms with Gasteiger partial charge in [0, 0.05) is 41.7 Å². The lowest BCUT2D eigenvalue weighted by molar-refractivity contribution is -0.384. The van der Waals surface area contributed by atoms with E-state index in [2.05, 4.69) is 20.8 Å². The summed E-state index contributed by atoms with van der Waals surface area (Å²) in [5.41, 5.74) is 1.26. The number of hydrogen-bond acceptors (Lipinski definition) is 9. The summed E-state index contributed by atoms with van der Waals surface area (Å²) in [6, 6.07) is 12.6. The molecule has 13 heteroatoms. The van der Waals surface area contributed by atoms with Gasteiger partial charge in [0.2, 0.25) is 5.88 Å². The summed E-state index contributed by atoms with van der Waals surface area (Å²) in [5.74, 6) is -1.52. The number of carbonyl (C=O) groups excluding carboxylic acids is 1. The second kappa shape index (κ2) is 11.9. The summed E-state index contributed by atoms with van der Waals surface area (Å²) in [4.78, 5) is 26.8. The molecule has 0 unspecified atom stereocenters. The van der Waals surface area contributed by atoms with E-state index in [1.54, 1.807) is 18.2 Å². The van der Waals surface area contributed by atoms with Crippen molar-refractivity contribution in [3.63, 3.8) is 0 Å². The van der Waals surface area contributed by atoms with Crippen molar-refractivity contribution in [3.05, 3.63) is 93.0 Å². The van der Waals surface area contributed by atoms with Crippen molar-refractivity contribution in [1.29, 1.82) is 0 Å². The lowest BCUT2D eigenvalue weighted by atomic mass is 10.0. The maximum atomic E-state index is 14.3. The molecule has 0 saturated heterocycles. The second-order valence-corrected chi connectivity index (χ2v) is 9.65. The smallest absolute Gasteiger partial charge is 0.269 e. The first kappa shape index (κ1) is 27.5. The minimum Gasteiger partial charge on any atom is -0.480 e. The van der Waals surface area contributed by atoms with Gasteiger partial charge in [-0.2, -0.15) is 0 Å². The molecule has 0 spiro atoms. The topological polar surface area (TPSA) is 123 Å². The van der Waals surface area contributed by atoms with Crippen LogP contribution in [-0.4, -0.2) is 47.1 Å². The monoisotopic (exact) mass is 554 g/mol. The number of carbonyl (C=O) groups is 1. The Morgan fingerprint density at radius 2 is 1.74 bits per heavy atom. The van der Waals surface area contributed by atoms with Crippen molar-refractivity contribution in [3.8, 4) is 16.3 Å². The molecule has 2 aromatic heterocycles. The van der Waals surface area contributed by atoms with E-state index in [4.69, 9.17) is 4.74 Å². The minimum atomic E-state index is -0.720. The Balaban J connectivity index is 1.80. The van der Waals surface area contributed by atoms with E-state index in [1.165, 1.54) is 42.7 Å². The van der Waals surface area contributed by atoms with Crippen LogP contribution in [0.5, 0.6) is 5.88 Å². The van der Waals surface area contributed by atoms with Gasteiger partial charge in [-0.15, -0.1) is 21.5 Å². The van der Waals surface area contributed by atoms with Crippen molar-refractivity contribution in [2.24, 2.45) is 0 Å². The van der Waals surface area contributed by atoms with Crippen LogP contribution in [0.15, 0.2) is 54.6 Å². The fourth-order valence-electron chi connectivity index (χ4n) is 3.81. The van der Waals surface area contributed by atoms with E-state index in [9.17, 15) is 23.7 Å². The largest absolute Gasteiger partial charge is 0.480 e. The predicted octanol–water partition coefficient (Wildman–Crippen LogP) is 5.33. The van der Waals surface area contributed by atoms with Gasteiger partial charge in [0.25, 0.3) is 11.6 Å². The number of halogens is 2. The molecular weight excluding hydrogens is 530 g/mol. The number of nitrogens with one attached hydrogen (secondary N) is 2. The molecular formula is C26H24F2N6O4S. The summed E-state index contributed by atoms with van der Waals surface area (Å²) in [5, 5.41) is 25.1. The van der Waals surface area contributed by atoms with Gasteiger partial charge in [-0.05, 0) is 55.6 Å². The highest BCUT2D eigenvalue weighted by Gasteiger charge is 2.26. The van der Waals surface area contributed by atoms with Crippen LogP contribution < -0.4 is 15.4 Å². The number of nitrogens with zero attached hydrogens (tertiary/aromatic N) is 4. The molecule has 0 radical (unpaired) electrons. The third kappa shape index (κ3) is 6.33. The summed E-state index contributed by atoms with van der Waals surface area (Å²) in [7, 11) is 5.10. The first-order valence-corrected chi connectivity index (χ1v) is 12.4. The number of methoxy groups -OCH3 is 1. The van der Waals surface area contributed by atoms with Gasteiger partial charge < -0.3 is 20.3 Å². The summed E-state index contributed by atoms with van der Waals surface area (Å²) in [6.45, 7) is 0.109. The fourth-order valence-corrected chi connectivity index (χ4v) is 5.02. The summed E-state index contributed by atoms with van der Waals surface area (Å²) in [6.07, 6.45) is 0. The number of amides is 1. The average molecular weight is 555 g/mol. The quantitative estimate of drug-likeness (QED) is 0.199. The Bertz CT molecular complexity index is 1470. The van der Waals surface area contributed by atoms with Gasteiger partial charge in [-0.3, -0.25) is 14.9 Å². The average Bonchev–Trinajstić information content (AvgIpc) is 3.26. The SMILES string of the molecule is COc1ccc(NC(=O)c2c(NCc3c(F)cccc3F)sc(-c3ccc([N+](=O)[O-])cc3)c2CN(C)C)nn1. The van der Waals surface area contributed by atoms with Crippen LogP contribution in [0.25, 0.3) is 10.4 Å². The molecule has 0 aliphatic rings. The third-order valence-electron chi connectivity index (χ3n) is 5.63. The number of rotatable bonds is 10. The predicted molar refractivity (Wildman–Crippen MR) is 144 cm³/mol. The molecule has 39 heavy (non-hydrogen) atoms. The molecule has 10 nitrogen and oxygen atoms in total. The zero-order valence-electron chi connectivity index (χ0n) is 21.2. The third-order valence-corrected chi connectivity index (χ3v) is 6.87. The molecule has 2 N–H and O–H groups in total. The van der Waals surface area contributed by atoms with Crippen LogP contribution in [0.4, 0.5) is 25.3 Å². The van der Waals surface area contributed by atoms with E-state index in [-0.39, 0.29) is 35.1 Å². The van der Waals surface area contributed by atoms with Crippen molar-refractivity contribution in [2.45, 2.75) is 13.1 Å². The molecule has 0 aliphatic heterocycles. The standard InChI is InChI=1S/C26H24F2N6O4S/c1-33(2)14-18-23(25(35)30-21-11-12-22(38-3)32-31-21)26(29-13-17-19(27)5-4-6-20(17)28)39-24(18)15-7-9-16(10-8-15)34(36)37/h4-12,29H,13-14H2,1-3H3,(H,30,31,35). The summed E-state index contributed by atoms with van der Waals surface area (Å²) >= 11 is 1.20. The fraction of sp³-hybridized carbons (Fsp3) is 0.192. The van der Waals surface area contributed by atoms with Crippen LogP contribution in [-0.2, 0) is 13.1 Å². The van der Waals surface area contributed by atoms with Gasteiger partial charge >= 0.3 is 0 Å². The van der Waals surface area contributed by atoms with Gasteiger partial charge in [-0.1, -0.05) is 6.07 Å². The number of non-ortho nitro benzene ring substituents is 1. The Labute approximate surface area is 226 Å². The molecule has 4 rings (SSSR count). The number of thiophene rings is 1. The number of nitro groups is 1. The first-order valence-electron chi connectivity index (χ1n) is 11.6. The molecule has 0 atom stereocenters. The zero-order valence-corrected chi connectivity index (χ0v) is 22.0. The van der Waals surface area contributed by atoms with E-state index in [0.29, 0.717) is 27.5 Å². The Hall–Kier alpha value is -4.49. The van der Waals surface area contributed by atoms with Crippen molar-refractivity contribution >= 4 is 33.8 Å². The Morgan fingerprint density at radius 1 is 1.05 bits per heavy atom. The maximum absolute atomic E-state index is 14.3. The number of anilines is 2. The highest BCUT2D eigenvalue weighted by atomic mass is 32.1. The van der Waals surface area contributed by atoms with Crippen LogP contribution in [0.3, 0.4) is 0 Å². The van der Waals surface area contributed by atoms with Crippen LogP contribution >= 0.6 is 11.3 Å². The van der Waals surface area contributed by atoms with E-state index in [0.717, 1.165) is 12.1 Å². The maximum Gasteiger partial charge on any atom is 0.269 e. The number of hydrogen-bond donors (Lipinski definition) is 2.